The Labute approximate surface area is 67.4 Å². The topological polar surface area (TPSA) is 91.5 Å². The van der Waals surface area contributed by atoms with Crippen LogP contribution in [0.1, 0.15) is 16.2 Å². The van der Waals surface area contributed by atoms with Gasteiger partial charge < -0.3 is 4.98 Å². The Balaban J connectivity index is 2.41. The number of carbonyl (C=O) groups excluding carboxylic acids is 2. The van der Waals surface area contributed by atoms with Crippen LogP contribution >= 0.6 is 0 Å². The van der Waals surface area contributed by atoms with E-state index in [0.717, 1.165) is 0 Å². The number of aromatic nitrogens is 2. The van der Waals surface area contributed by atoms with Crippen LogP contribution in [0.4, 0.5) is 4.79 Å². The van der Waals surface area contributed by atoms with Crippen molar-refractivity contribution >= 4 is 11.9 Å². The smallest absolute Gasteiger partial charge is 0.343 e. The lowest BCUT2D eigenvalue weighted by Crippen LogP contribution is -2.88. The molecule has 3 amide bonds. The molecule has 2 heterocycles. The Morgan fingerprint density at radius 1 is 1.50 bits per heavy atom. The molecule has 1 aliphatic heterocycles. The fourth-order valence-electron chi connectivity index (χ4n) is 1.09. The van der Waals surface area contributed by atoms with Crippen molar-refractivity contribution in [1.82, 2.24) is 15.3 Å². The zero-order valence-electron chi connectivity index (χ0n) is 6.13. The highest BCUT2D eigenvalue weighted by Crippen LogP contribution is 2.01. The summed E-state index contributed by atoms with van der Waals surface area (Å²) in [6, 6.07) is -0.369. The molecule has 0 radical (unpaired) electrons. The Hall–Kier alpha value is -1.69. The molecule has 0 spiro atoms. The molecule has 0 bridgehead atoms. The largest absolute Gasteiger partial charge is 0.420 e. The molecule has 6 heteroatoms. The maximum absolute atomic E-state index is 11.1. The number of urea groups is 1. The van der Waals surface area contributed by atoms with Crippen LogP contribution in [0.2, 0.25) is 0 Å². The van der Waals surface area contributed by atoms with Crippen LogP contribution < -0.4 is 10.6 Å². The molecule has 6 nitrogen and oxygen atoms in total. The quantitative estimate of drug-likeness (QED) is 0.431. The number of aromatic amines is 1. The summed E-state index contributed by atoms with van der Waals surface area (Å²) in [6.45, 7) is 0.424. The summed E-state index contributed by atoms with van der Waals surface area (Å²) in [4.78, 5) is 28.6. The van der Waals surface area contributed by atoms with E-state index in [1.165, 1.54) is 11.6 Å². The first-order chi connectivity index (χ1) is 5.77. The number of nitrogens with one attached hydrogen (secondary N) is 2. The van der Waals surface area contributed by atoms with Gasteiger partial charge in [-0.1, -0.05) is 0 Å². The van der Waals surface area contributed by atoms with Gasteiger partial charge >= 0.3 is 6.03 Å². The van der Waals surface area contributed by atoms with E-state index in [2.05, 4.69) is 15.3 Å². The molecule has 0 aliphatic carbocycles. The Morgan fingerprint density at radius 3 is 3.17 bits per heavy atom. The summed E-state index contributed by atoms with van der Waals surface area (Å²) in [6.07, 6.45) is 1.44. The molecule has 0 saturated carbocycles. The summed E-state index contributed by atoms with van der Waals surface area (Å²) in [7, 11) is 0. The normalized spacial score (nSPS) is 16.7. The van der Waals surface area contributed by atoms with Gasteiger partial charge in [0.1, 0.15) is 12.2 Å². The maximum Gasteiger partial charge on any atom is 0.420 e. The average molecular weight is 167 g/mol. The van der Waals surface area contributed by atoms with Gasteiger partial charge in [-0.15, -0.1) is 0 Å². The Morgan fingerprint density at radius 2 is 2.33 bits per heavy atom. The van der Waals surface area contributed by atoms with Gasteiger partial charge in [-0.2, -0.15) is 0 Å². The van der Waals surface area contributed by atoms with Gasteiger partial charge in [0.2, 0.25) is 0 Å². The molecule has 0 fully saturated rings. The molecule has 2 rings (SSSR count). The average Bonchev–Trinajstić information content (AvgIpc) is 2.43. The van der Waals surface area contributed by atoms with Crippen molar-refractivity contribution in [3.8, 4) is 0 Å². The minimum absolute atomic E-state index is 0.303. The third kappa shape index (κ3) is 0.978. The lowest BCUT2D eigenvalue weighted by molar-refractivity contribution is -0.572. The Kier molecular flexibility index (Phi) is 1.41. The van der Waals surface area contributed by atoms with Gasteiger partial charge in [-0.3, -0.25) is 10.1 Å². The van der Waals surface area contributed by atoms with E-state index in [1.807, 2.05) is 0 Å². The number of fused-ring (bicyclic) bond motifs is 1. The number of amides is 3. The lowest BCUT2D eigenvalue weighted by atomic mass is 10.3. The SMILES string of the molecule is O=C1NC(=O)c2nc[nH]c2C[NH2+]1. The van der Waals surface area contributed by atoms with Crippen molar-refractivity contribution in [2.24, 2.45) is 0 Å². The number of carbonyl (C=O) groups is 2. The number of hydrogen-bond acceptors (Lipinski definition) is 3. The van der Waals surface area contributed by atoms with Crippen molar-refractivity contribution < 1.29 is 14.9 Å². The van der Waals surface area contributed by atoms with Crippen molar-refractivity contribution in [2.45, 2.75) is 6.54 Å². The molecule has 62 valence electrons. The standard InChI is InChI=1S/C6H6N4O2/c11-5-4-3(8-2-9-4)1-7-6(12)10-5/h2H,1H2,(H,8,9)(H2,7,10,11,12)/p+1. The van der Waals surface area contributed by atoms with Gasteiger partial charge in [0, 0.05) is 0 Å². The van der Waals surface area contributed by atoms with E-state index in [4.69, 9.17) is 0 Å². The van der Waals surface area contributed by atoms with E-state index < -0.39 is 5.91 Å². The van der Waals surface area contributed by atoms with Crippen molar-refractivity contribution in [2.75, 3.05) is 0 Å². The summed E-state index contributed by atoms with van der Waals surface area (Å²) in [5, 5.41) is 3.57. The third-order valence-corrected chi connectivity index (χ3v) is 1.66. The summed E-state index contributed by atoms with van der Waals surface area (Å²) < 4.78 is 0. The highest BCUT2D eigenvalue weighted by Gasteiger charge is 2.23. The minimum Gasteiger partial charge on any atom is -0.343 e. The number of nitrogens with zero attached hydrogens (tertiary/aromatic N) is 1. The molecule has 1 aromatic heterocycles. The number of rotatable bonds is 0. The van der Waals surface area contributed by atoms with Gasteiger partial charge in [0.15, 0.2) is 5.69 Å². The second-order valence-electron chi connectivity index (χ2n) is 2.46. The van der Waals surface area contributed by atoms with E-state index in [-0.39, 0.29) is 6.03 Å². The van der Waals surface area contributed by atoms with Crippen molar-refractivity contribution in [3.63, 3.8) is 0 Å². The molecule has 0 atom stereocenters. The molecule has 1 aromatic rings. The highest BCUT2D eigenvalue weighted by atomic mass is 16.2. The molecule has 4 N–H and O–H groups in total. The first-order valence-corrected chi connectivity index (χ1v) is 3.48. The number of hydrogen-bond donors (Lipinski definition) is 3. The van der Waals surface area contributed by atoms with Crippen molar-refractivity contribution in [1.29, 1.82) is 0 Å². The number of nitrogens with two attached hydrogens (primary N) is 1. The van der Waals surface area contributed by atoms with E-state index >= 15 is 0 Å². The van der Waals surface area contributed by atoms with E-state index in [0.29, 0.717) is 17.9 Å². The first-order valence-electron chi connectivity index (χ1n) is 3.48. The predicted molar refractivity (Wildman–Crippen MR) is 37.1 cm³/mol. The number of H-pyrrole nitrogens is 1. The predicted octanol–water partition coefficient (Wildman–Crippen LogP) is -1.66. The van der Waals surface area contributed by atoms with E-state index in [9.17, 15) is 9.59 Å². The van der Waals surface area contributed by atoms with Crippen LogP contribution in [-0.2, 0) is 6.54 Å². The second kappa shape index (κ2) is 2.42. The summed E-state index contributed by atoms with van der Waals surface area (Å²) >= 11 is 0. The number of imide groups is 1. The van der Waals surface area contributed by atoms with Crippen LogP contribution in [0.25, 0.3) is 0 Å². The van der Waals surface area contributed by atoms with Gasteiger partial charge in [-0.05, 0) is 0 Å². The lowest BCUT2D eigenvalue weighted by Gasteiger charge is -1.91. The molecule has 0 aromatic carbocycles. The van der Waals surface area contributed by atoms with Crippen LogP contribution in [0.15, 0.2) is 6.33 Å². The zero-order chi connectivity index (χ0) is 8.55. The minimum atomic E-state index is -0.440. The van der Waals surface area contributed by atoms with Gasteiger partial charge in [-0.25, -0.2) is 15.1 Å². The van der Waals surface area contributed by atoms with Gasteiger partial charge in [0.05, 0.1) is 6.33 Å². The number of quaternary nitrogens is 1. The second-order valence-corrected chi connectivity index (χ2v) is 2.46. The molecule has 1 aliphatic rings. The van der Waals surface area contributed by atoms with E-state index in [1.54, 1.807) is 0 Å². The van der Waals surface area contributed by atoms with Crippen LogP contribution in [-0.4, -0.2) is 21.9 Å². The zero-order valence-corrected chi connectivity index (χ0v) is 6.13. The van der Waals surface area contributed by atoms with Crippen LogP contribution in [0, 0.1) is 0 Å². The van der Waals surface area contributed by atoms with Crippen molar-refractivity contribution in [3.05, 3.63) is 17.7 Å². The van der Waals surface area contributed by atoms with Crippen LogP contribution in [0.5, 0.6) is 0 Å². The molecule has 0 unspecified atom stereocenters. The maximum atomic E-state index is 11.1. The molecule has 12 heavy (non-hydrogen) atoms. The summed E-state index contributed by atoms with van der Waals surface area (Å²) in [5.41, 5.74) is 0.982. The molecular formula is C6H7N4O2+. The summed E-state index contributed by atoms with van der Waals surface area (Å²) in [5.74, 6) is -0.440. The number of primary amides is 1. The monoisotopic (exact) mass is 167 g/mol. The van der Waals surface area contributed by atoms with Crippen LogP contribution in [0.3, 0.4) is 0 Å². The third-order valence-electron chi connectivity index (χ3n) is 1.66. The Bertz CT molecular complexity index is 343. The fraction of sp³-hybridized carbons (Fsp3) is 0.167. The van der Waals surface area contributed by atoms with Gasteiger partial charge in [0.25, 0.3) is 5.91 Å². The number of imidazole rings is 1. The molecule has 0 saturated heterocycles. The first kappa shape index (κ1) is 6.99. The fourth-order valence-corrected chi connectivity index (χ4v) is 1.09. The molecular weight excluding hydrogens is 160 g/mol. The highest BCUT2D eigenvalue weighted by molar-refractivity contribution is 6.02.